The van der Waals surface area contributed by atoms with Crippen LogP contribution in [0.3, 0.4) is 0 Å². The third-order valence-electron chi connectivity index (χ3n) is 2.28. The van der Waals surface area contributed by atoms with E-state index in [9.17, 15) is 4.39 Å². The van der Waals surface area contributed by atoms with Gasteiger partial charge in [0.15, 0.2) is 5.82 Å². The molecule has 0 spiro atoms. The van der Waals surface area contributed by atoms with E-state index in [0.29, 0.717) is 5.56 Å². The molecule has 0 aliphatic heterocycles. The summed E-state index contributed by atoms with van der Waals surface area (Å²) in [5.74, 6) is 1.73. The number of nitriles is 1. The first-order chi connectivity index (χ1) is 8.26. The lowest BCUT2D eigenvalue weighted by atomic mass is 10.1. The summed E-state index contributed by atoms with van der Waals surface area (Å²) < 4.78 is 13.8. The van der Waals surface area contributed by atoms with E-state index in [0.717, 1.165) is 6.07 Å². The van der Waals surface area contributed by atoms with Crippen molar-refractivity contribution in [3.8, 4) is 29.7 Å². The van der Waals surface area contributed by atoms with Crippen molar-refractivity contribution in [2.45, 2.75) is 0 Å². The average molecular weight is 222 g/mol. The smallest absolute Gasteiger partial charge is 0.150 e. The van der Waals surface area contributed by atoms with Crippen molar-refractivity contribution in [1.29, 1.82) is 5.26 Å². The quantitative estimate of drug-likeness (QED) is 0.695. The fourth-order valence-corrected chi connectivity index (χ4v) is 1.48. The number of terminal acetylenes is 1. The highest BCUT2D eigenvalue weighted by Gasteiger charge is 2.11. The Bertz CT molecular complexity index is 634. The van der Waals surface area contributed by atoms with E-state index < -0.39 is 5.82 Å². The fraction of sp³-hybridized carbons (Fsp3) is 0. The van der Waals surface area contributed by atoms with E-state index in [2.05, 4.69) is 10.9 Å². The molecule has 0 saturated carbocycles. The van der Waals surface area contributed by atoms with E-state index >= 15 is 0 Å². The second kappa shape index (κ2) is 4.47. The maximum atomic E-state index is 13.8. The molecule has 1 heterocycles. The minimum atomic E-state index is -0.549. The van der Waals surface area contributed by atoms with Crippen LogP contribution in [0.5, 0.6) is 0 Å². The minimum Gasteiger partial charge on any atom is -0.235 e. The molecule has 0 unspecified atom stereocenters. The summed E-state index contributed by atoms with van der Waals surface area (Å²) in [4.78, 5) is 4.00. The van der Waals surface area contributed by atoms with E-state index in [1.54, 1.807) is 24.3 Å². The van der Waals surface area contributed by atoms with Gasteiger partial charge >= 0.3 is 0 Å². The monoisotopic (exact) mass is 222 g/mol. The first kappa shape index (κ1) is 10.9. The molecule has 0 bridgehead atoms. The molecule has 0 N–H and O–H groups in total. The Morgan fingerprint density at radius 3 is 2.53 bits per heavy atom. The number of hydrogen-bond acceptors (Lipinski definition) is 2. The topological polar surface area (TPSA) is 36.7 Å². The minimum absolute atomic E-state index is 0.0738. The van der Waals surface area contributed by atoms with E-state index in [-0.39, 0.29) is 17.0 Å². The first-order valence-electron chi connectivity index (χ1n) is 4.89. The Morgan fingerprint density at radius 1 is 1.24 bits per heavy atom. The van der Waals surface area contributed by atoms with Crippen LogP contribution in [-0.2, 0) is 0 Å². The summed E-state index contributed by atoms with van der Waals surface area (Å²) in [5.41, 5.74) is 1.03. The summed E-state index contributed by atoms with van der Waals surface area (Å²) >= 11 is 0. The second-order valence-electron chi connectivity index (χ2n) is 3.34. The standard InChI is InChI=1S/C14H7FN2/c1-2-13-11(9-16)8-12(15)14(17-13)10-6-4-3-5-7-10/h1,3-8H. The van der Waals surface area contributed by atoms with Crippen LogP contribution in [0.4, 0.5) is 4.39 Å². The van der Waals surface area contributed by atoms with Gasteiger partial charge < -0.3 is 0 Å². The molecule has 1 aromatic carbocycles. The van der Waals surface area contributed by atoms with Gasteiger partial charge in [0.05, 0.1) is 5.56 Å². The van der Waals surface area contributed by atoms with Gasteiger partial charge in [0.2, 0.25) is 0 Å². The Balaban J connectivity index is 2.66. The van der Waals surface area contributed by atoms with Gasteiger partial charge in [-0.05, 0) is 12.0 Å². The number of nitrogens with zero attached hydrogens (tertiary/aromatic N) is 2. The maximum absolute atomic E-state index is 13.8. The normalized spacial score (nSPS) is 9.35. The molecule has 3 heteroatoms. The highest BCUT2D eigenvalue weighted by Crippen LogP contribution is 2.22. The second-order valence-corrected chi connectivity index (χ2v) is 3.34. The zero-order valence-corrected chi connectivity index (χ0v) is 8.81. The summed E-state index contributed by atoms with van der Waals surface area (Å²) in [6.45, 7) is 0. The predicted octanol–water partition coefficient (Wildman–Crippen LogP) is 2.74. The van der Waals surface area contributed by atoms with Crippen molar-refractivity contribution in [1.82, 2.24) is 4.98 Å². The SMILES string of the molecule is C#Cc1nc(-c2ccccc2)c(F)cc1C#N. The lowest BCUT2D eigenvalue weighted by Crippen LogP contribution is -1.96. The number of aromatic nitrogens is 1. The molecule has 2 nitrogen and oxygen atoms in total. The molecule has 0 atom stereocenters. The summed E-state index contributed by atoms with van der Waals surface area (Å²) in [7, 11) is 0. The largest absolute Gasteiger partial charge is 0.235 e. The first-order valence-corrected chi connectivity index (χ1v) is 4.89. The van der Waals surface area contributed by atoms with E-state index in [1.165, 1.54) is 0 Å². The Morgan fingerprint density at radius 2 is 1.94 bits per heavy atom. The summed E-state index contributed by atoms with van der Waals surface area (Å²) in [5, 5.41) is 8.78. The van der Waals surface area contributed by atoms with Gasteiger partial charge in [0.1, 0.15) is 17.5 Å². The third-order valence-corrected chi connectivity index (χ3v) is 2.28. The Kier molecular flexibility index (Phi) is 2.85. The summed E-state index contributed by atoms with van der Waals surface area (Å²) in [6.07, 6.45) is 5.24. The van der Waals surface area contributed by atoms with Crippen molar-refractivity contribution in [2.75, 3.05) is 0 Å². The molecule has 0 amide bonds. The van der Waals surface area contributed by atoms with E-state index in [4.69, 9.17) is 11.7 Å². The molecule has 0 aliphatic carbocycles. The van der Waals surface area contributed by atoms with Gasteiger partial charge in [-0.3, -0.25) is 0 Å². The molecule has 0 saturated heterocycles. The zero-order chi connectivity index (χ0) is 12.3. The van der Waals surface area contributed by atoms with Crippen LogP contribution in [0, 0.1) is 29.5 Å². The number of halogens is 1. The molecule has 0 radical (unpaired) electrons. The molecule has 17 heavy (non-hydrogen) atoms. The summed E-state index contributed by atoms with van der Waals surface area (Å²) in [6, 6.07) is 11.8. The van der Waals surface area contributed by atoms with Crippen LogP contribution in [0.15, 0.2) is 36.4 Å². The number of hydrogen-bond donors (Lipinski definition) is 0. The molecular formula is C14H7FN2. The van der Waals surface area contributed by atoms with Gasteiger partial charge in [0, 0.05) is 5.56 Å². The highest BCUT2D eigenvalue weighted by atomic mass is 19.1. The molecule has 0 fully saturated rings. The third kappa shape index (κ3) is 2.00. The number of rotatable bonds is 1. The van der Waals surface area contributed by atoms with Gasteiger partial charge in [-0.1, -0.05) is 30.3 Å². The fourth-order valence-electron chi connectivity index (χ4n) is 1.48. The number of pyridine rings is 1. The highest BCUT2D eigenvalue weighted by molar-refractivity contribution is 5.62. The Hall–Kier alpha value is -2.65. The van der Waals surface area contributed by atoms with Gasteiger partial charge in [-0.15, -0.1) is 6.42 Å². The lowest BCUT2D eigenvalue weighted by Gasteiger charge is -2.04. The predicted molar refractivity (Wildman–Crippen MR) is 62.3 cm³/mol. The average Bonchev–Trinajstić information content (AvgIpc) is 2.39. The van der Waals surface area contributed by atoms with Crippen LogP contribution >= 0.6 is 0 Å². The van der Waals surface area contributed by atoms with Crippen LogP contribution in [0.2, 0.25) is 0 Å². The molecule has 80 valence electrons. The van der Waals surface area contributed by atoms with Crippen molar-refractivity contribution in [3.63, 3.8) is 0 Å². The van der Waals surface area contributed by atoms with Gasteiger partial charge in [0.25, 0.3) is 0 Å². The van der Waals surface area contributed by atoms with Crippen molar-refractivity contribution in [2.24, 2.45) is 0 Å². The molecule has 2 aromatic rings. The van der Waals surface area contributed by atoms with Crippen LogP contribution in [0.1, 0.15) is 11.3 Å². The van der Waals surface area contributed by atoms with Crippen molar-refractivity contribution in [3.05, 3.63) is 53.5 Å². The van der Waals surface area contributed by atoms with Gasteiger partial charge in [-0.2, -0.15) is 5.26 Å². The lowest BCUT2D eigenvalue weighted by molar-refractivity contribution is 0.624. The van der Waals surface area contributed by atoms with Crippen molar-refractivity contribution < 1.29 is 4.39 Å². The van der Waals surface area contributed by atoms with Crippen molar-refractivity contribution >= 4 is 0 Å². The van der Waals surface area contributed by atoms with E-state index in [1.807, 2.05) is 12.1 Å². The van der Waals surface area contributed by atoms with Crippen LogP contribution < -0.4 is 0 Å². The van der Waals surface area contributed by atoms with Crippen LogP contribution in [0.25, 0.3) is 11.3 Å². The number of benzene rings is 1. The van der Waals surface area contributed by atoms with Gasteiger partial charge in [-0.25, -0.2) is 9.37 Å². The molecule has 1 aromatic heterocycles. The molecule has 0 aliphatic rings. The zero-order valence-electron chi connectivity index (χ0n) is 8.81. The molecule has 2 rings (SSSR count). The molecular weight excluding hydrogens is 215 g/mol. The Labute approximate surface area is 98.4 Å². The maximum Gasteiger partial charge on any atom is 0.150 e. The van der Waals surface area contributed by atoms with Crippen LogP contribution in [-0.4, -0.2) is 4.98 Å².